The Hall–Kier alpha value is -4.00. The van der Waals surface area contributed by atoms with E-state index in [1.807, 2.05) is 35.2 Å². The van der Waals surface area contributed by atoms with Crippen molar-refractivity contribution in [2.24, 2.45) is 5.73 Å². The highest BCUT2D eigenvalue weighted by Gasteiger charge is 2.25. The van der Waals surface area contributed by atoms with E-state index in [4.69, 9.17) is 10.7 Å². The van der Waals surface area contributed by atoms with Crippen molar-refractivity contribution in [1.82, 2.24) is 9.55 Å². The van der Waals surface area contributed by atoms with Crippen molar-refractivity contribution < 1.29 is 4.79 Å². The number of carbonyl (C=O) groups is 1. The number of carbonyl (C=O) groups excluding carboxylic acids is 1. The van der Waals surface area contributed by atoms with Crippen LogP contribution in [-0.4, -0.2) is 34.6 Å². The number of piperidine rings is 1. The Morgan fingerprint density at radius 1 is 1.20 bits per heavy atom. The van der Waals surface area contributed by atoms with Gasteiger partial charge in [0, 0.05) is 30.2 Å². The molecular weight excluding hydrogens is 460 g/mol. The van der Waals surface area contributed by atoms with Gasteiger partial charge in [0.05, 0.1) is 23.7 Å². The first kappa shape index (κ1) is 22.8. The lowest BCUT2D eigenvalue weighted by molar-refractivity contribution is 0.102. The highest BCUT2D eigenvalue weighted by molar-refractivity contribution is 7.17. The first-order valence-corrected chi connectivity index (χ1v) is 12.3. The van der Waals surface area contributed by atoms with Gasteiger partial charge < -0.3 is 16.0 Å². The van der Waals surface area contributed by atoms with Crippen LogP contribution in [0.5, 0.6) is 0 Å². The molecule has 176 valence electrons. The summed E-state index contributed by atoms with van der Waals surface area (Å²) >= 11 is 1.21. The second-order valence-corrected chi connectivity index (χ2v) is 9.45. The fourth-order valence-corrected chi connectivity index (χ4v) is 5.32. The standard InChI is InChI=1S/C26H24N6O2S/c27-13-17-7-4-5-8-18(17)14-32-25(34)23-22(30-26(32)31-12-6-9-19(28)15-31)21(16-35-23)24(33)29-20-10-2-1-3-11-20/h1-5,7-8,10-11,16,19H,6,9,12,14-15,28H2,(H,29,33). The molecule has 1 amide bonds. The fraction of sp³-hybridized carbons (Fsp3) is 0.231. The number of aromatic nitrogens is 2. The summed E-state index contributed by atoms with van der Waals surface area (Å²) in [5, 5.41) is 14.1. The van der Waals surface area contributed by atoms with Crippen LogP contribution in [0.25, 0.3) is 10.2 Å². The molecule has 1 aliphatic rings. The molecule has 4 aromatic rings. The Balaban J connectivity index is 1.62. The summed E-state index contributed by atoms with van der Waals surface area (Å²) in [5.74, 6) is 0.153. The van der Waals surface area contributed by atoms with Crippen molar-refractivity contribution in [1.29, 1.82) is 5.26 Å². The number of rotatable bonds is 5. The summed E-state index contributed by atoms with van der Waals surface area (Å²) in [4.78, 5) is 33.7. The predicted molar refractivity (Wildman–Crippen MR) is 138 cm³/mol. The molecule has 0 bridgehead atoms. The number of nitriles is 1. The van der Waals surface area contributed by atoms with Gasteiger partial charge in [0.1, 0.15) is 10.2 Å². The maximum atomic E-state index is 13.7. The fourth-order valence-electron chi connectivity index (χ4n) is 4.38. The van der Waals surface area contributed by atoms with E-state index in [1.54, 1.807) is 34.2 Å². The number of hydrogen-bond donors (Lipinski definition) is 2. The average molecular weight is 485 g/mol. The maximum Gasteiger partial charge on any atom is 0.273 e. The van der Waals surface area contributed by atoms with Crippen LogP contribution < -0.4 is 21.5 Å². The Bertz CT molecular complexity index is 1490. The van der Waals surface area contributed by atoms with Gasteiger partial charge in [0.15, 0.2) is 0 Å². The maximum absolute atomic E-state index is 13.7. The van der Waals surface area contributed by atoms with E-state index in [9.17, 15) is 14.9 Å². The number of amides is 1. The molecule has 0 radical (unpaired) electrons. The van der Waals surface area contributed by atoms with E-state index in [2.05, 4.69) is 11.4 Å². The summed E-state index contributed by atoms with van der Waals surface area (Å²) in [6, 6.07) is 18.6. The molecular formula is C26H24N6O2S. The van der Waals surface area contributed by atoms with Gasteiger partial charge in [0.25, 0.3) is 11.5 Å². The van der Waals surface area contributed by atoms with E-state index >= 15 is 0 Å². The van der Waals surface area contributed by atoms with Gasteiger partial charge in [-0.3, -0.25) is 14.2 Å². The molecule has 0 aliphatic carbocycles. The highest BCUT2D eigenvalue weighted by atomic mass is 32.1. The third-order valence-electron chi connectivity index (χ3n) is 6.14. The van der Waals surface area contributed by atoms with E-state index in [1.165, 1.54) is 11.3 Å². The van der Waals surface area contributed by atoms with E-state index in [-0.39, 0.29) is 24.1 Å². The Morgan fingerprint density at radius 2 is 1.97 bits per heavy atom. The van der Waals surface area contributed by atoms with E-state index < -0.39 is 0 Å². The summed E-state index contributed by atoms with van der Waals surface area (Å²) in [6.07, 6.45) is 1.79. The molecule has 3 heterocycles. The van der Waals surface area contributed by atoms with Crippen LogP contribution in [-0.2, 0) is 6.54 Å². The molecule has 1 aliphatic heterocycles. The quantitative estimate of drug-likeness (QED) is 0.447. The zero-order valence-corrected chi connectivity index (χ0v) is 19.8. The number of nitrogens with zero attached hydrogens (tertiary/aromatic N) is 4. The van der Waals surface area contributed by atoms with Crippen molar-refractivity contribution in [2.45, 2.75) is 25.4 Å². The van der Waals surface area contributed by atoms with Gasteiger partial charge in [-0.25, -0.2) is 4.98 Å². The van der Waals surface area contributed by atoms with E-state index in [0.29, 0.717) is 46.1 Å². The number of nitrogens with two attached hydrogens (primary N) is 1. The minimum Gasteiger partial charge on any atom is -0.341 e. The molecule has 2 aromatic carbocycles. The van der Waals surface area contributed by atoms with Gasteiger partial charge in [-0.05, 0) is 36.6 Å². The molecule has 0 saturated carbocycles. The zero-order valence-electron chi connectivity index (χ0n) is 19.0. The molecule has 35 heavy (non-hydrogen) atoms. The third kappa shape index (κ3) is 4.54. The molecule has 8 nitrogen and oxygen atoms in total. The van der Waals surface area contributed by atoms with Crippen LogP contribution in [0.3, 0.4) is 0 Å². The van der Waals surface area contributed by atoms with Crippen molar-refractivity contribution in [3.63, 3.8) is 0 Å². The number of nitrogens with one attached hydrogen (secondary N) is 1. The van der Waals surface area contributed by atoms with Crippen LogP contribution in [0.4, 0.5) is 11.6 Å². The van der Waals surface area contributed by atoms with Gasteiger partial charge in [0.2, 0.25) is 5.95 Å². The summed E-state index contributed by atoms with van der Waals surface area (Å²) in [6.45, 7) is 1.48. The largest absolute Gasteiger partial charge is 0.341 e. The summed E-state index contributed by atoms with van der Waals surface area (Å²) in [7, 11) is 0. The lowest BCUT2D eigenvalue weighted by Crippen LogP contribution is -2.45. The third-order valence-corrected chi connectivity index (χ3v) is 7.10. The Labute approximate surface area is 206 Å². The van der Waals surface area contributed by atoms with Crippen molar-refractivity contribution in [2.75, 3.05) is 23.3 Å². The molecule has 0 spiro atoms. The normalized spacial score (nSPS) is 15.7. The van der Waals surface area contributed by atoms with E-state index in [0.717, 1.165) is 18.4 Å². The molecule has 1 atom stereocenters. The average Bonchev–Trinajstić information content (AvgIpc) is 3.31. The highest BCUT2D eigenvalue weighted by Crippen LogP contribution is 2.27. The molecule has 5 rings (SSSR count). The first-order valence-electron chi connectivity index (χ1n) is 11.4. The molecule has 1 fully saturated rings. The Morgan fingerprint density at radius 3 is 2.74 bits per heavy atom. The zero-order chi connectivity index (χ0) is 24.4. The topological polar surface area (TPSA) is 117 Å². The molecule has 1 unspecified atom stereocenters. The number of benzene rings is 2. The van der Waals surface area contributed by atoms with Gasteiger partial charge in [-0.1, -0.05) is 36.4 Å². The second-order valence-electron chi connectivity index (χ2n) is 8.57. The first-order chi connectivity index (χ1) is 17.0. The monoisotopic (exact) mass is 484 g/mol. The lowest BCUT2D eigenvalue weighted by Gasteiger charge is -2.33. The molecule has 2 aromatic heterocycles. The number of thiophene rings is 1. The predicted octanol–water partition coefficient (Wildman–Crippen LogP) is 3.56. The van der Waals surface area contributed by atoms with Gasteiger partial charge in [-0.15, -0.1) is 11.3 Å². The summed E-state index contributed by atoms with van der Waals surface area (Å²) < 4.78 is 2.01. The Kier molecular flexibility index (Phi) is 6.31. The summed E-state index contributed by atoms with van der Waals surface area (Å²) in [5.41, 5.74) is 8.66. The number of fused-ring (bicyclic) bond motifs is 1. The minimum atomic E-state index is -0.316. The second kappa shape index (κ2) is 9.70. The minimum absolute atomic E-state index is 0.0282. The smallest absolute Gasteiger partial charge is 0.273 e. The van der Waals surface area contributed by atoms with Gasteiger partial charge in [-0.2, -0.15) is 5.26 Å². The molecule has 9 heteroatoms. The number of hydrogen-bond acceptors (Lipinski definition) is 7. The number of para-hydroxylation sites is 1. The van der Waals surface area contributed by atoms with Crippen LogP contribution in [0.1, 0.15) is 34.3 Å². The van der Waals surface area contributed by atoms with Crippen LogP contribution in [0, 0.1) is 11.3 Å². The van der Waals surface area contributed by atoms with Crippen LogP contribution in [0.2, 0.25) is 0 Å². The lowest BCUT2D eigenvalue weighted by atomic mass is 10.1. The van der Waals surface area contributed by atoms with Crippen molar-refractivity contribution in [3.05, 3.63) is 87.0 Å². The van der Waals surface area contributed by atoms with Crippen LogP contribution >= 0.6 is 11.3 Å². The molecule has 3 N–H and O–H groups in total. The molecule has 1 saturated heterocycles. The number of anilines is 2. The van der Waals surface area contributed by atoms with Crippen molar-refractivity contribution >= 4 is 39.1 Å². The van der Waals surface area contributed by atoms with Crippen LogP contribution in [0.15, 0.2) is 64.8 Å². The van der Waals surface area contributed by atoms with Crippen molar-refractivity contribution in [3.8, 4) is 6.07 Å². The van der Waals surface area contributed by atoms with Gasteiger partial charge >= 0.3 is 0 Å². The SMILES string of the molecule is N#Cc1ccccc1Cn1c(N2CCCC(N)C2)nc2c(C(=O)Nc3ccccc3)csc2c1=O.